The van der Waals surface area contributed by atoms with Crippen LogP contribution in [0, 0.1) is 0 Å². The number of aliphatic imine (C=N–C) groups is 2. The van der Waals surface area contributed by atoms with Crippen molar-refractivity contribution in [3.63, 3.8) is 0 Å². The van der Waals surface area contributed by atoms with Crippen molar-refractivity contribution < 1.29 is 0 Å². The molecule has 4 aromatic heterocycles. The van der Waals surface area contributed by atoms with E-state index < -0.39 is 0 Å². The Labute approximate surface area is 195 Å². The monoisotopic (exact) mass is 440 g/mol. The normalized spacial score (nSPS) is 12.1. The quantitative estimate of drug-likeness (QED) is 0.204. The fraction of sp³-hybridized carbons (Fsp3) is 0.0714. The number of rotatable bonds is 5. The van der Waals surface area contributed by atoms with E-state index in [2.05, 4.69) is 56.4 Å². The predicted octanol–water partition coefficient (Wildman–Crippen LogP) is 5.42. The zero-order valence-electron chi connectivity index (χ0n) is 18.3. The van der Waals surface area contributed by atoms with Gasteiger partial charge in [-0.2, -0.15) is 0 Å². The maximum atomic E-state index is 4.76. The van der Waals surface area contributed by atoms with Crippen molar-refractivity contribution in [1.29, 1.82) is 0 Å². The van der Waals surface area contributed by atoms with E-state index in [0.29, 0.717) is 13.1 Å². The minimum Gasteiger partial charge on any atom is -0.289 e. The Morgan fingerprint density at radius 2 is 0.912 bits per heavy atom. The average molecular weight is 441 g/mol. The lowest BCUT2D eigenvalue weighted by Gasteiger charge is -2.03. The molecule has 0 aliphatic heterocycles. The molecule has 6 nitrogen and oxygen atoms in total. The van der Waals surface area contributed by atoms with Gasteiger partial charge in [0, 0.05) is 46.4 Å². The highest BCUT2D eigenvalue weighted by atomic mass is 14.8. The third kappa shape index (κ3) is 3.86. The van der Waals surface area contributed by atoms with Crippen molar-refractivity contribution in [3.05, 3.63) is 96.6 Å². The summed E-state index contributed by atoms with van der Waals surface area (Å²) in [6, 6.07) is 24.3. The Hall–Kier alpha value is -4.58. The minimum atomic E-state index is 0.571. The lowest BCUT2D eigenvalue weighted by Crippen LogP contribution is -1.95. The van der Waals surface area contributed by atoms with E-state index in [1.54, 1.807) is 24.8 Å². The first-order valence-electron chi connectivity index (χ1n) is 11.1. The number of aromatic nitrogens is 4. The molecule has 162 valence electrons. The van der Waals surface area contributed by atoms with Crippen LogP contribution in [-0.2, 0) is 0 Å². The third-order valence-electron chi connectivity index (χ3n) is 5.71. The summed E-state index contributed by atoms with van der Waals surface area (Å²) in [5, 5.41) is 4.30. The van der Waals surface area contributed by atoms with Crippen LogP contribution in [0.25, 0.3) is 43.6 Å². The van der Waals surface area contributed by atoms with Crippen molar-refractivity contribution in [2.75, 3.05) is 13.1 Å². The molecule has 0 aliphatic carbocycles. The number of pyridine rings is 4. The molecule has 0 N–H and O–H groups in total. The molecule has 0 saturated heterocycles. The molecule has 6 aromatic rings. The first-order valence-corrected chi connectivity index (χ1v) is 11.1. The lowest BCUT2D eigenvalue weighted by molar-refractivity contribution is 0.983. The molecule has 0 spiro atoms. The average Bonchev–Trinajstić information content (AvgIpc) is 2.90. The molecule has 0 bridgehead atoms. The largest absolute Gasteiger partial charge is 0.289 e. The number of hydrogen-bond acceptors (Lipinski definition) is 6. The van der Waals surface area contributed by atoms with Crippen LogP contribution in [0.4, 0.5) is 0 Å². The van der Waals surface area contributed by atoms with Crippen LogP contribution in [0.5, 0.6) is 0 Å². The Morgan fingerprint density at radius 1 is 0.500 bits per heavy atom. The maximum absolute atomic E-state index is 4.76. The van der Waals surface area contributed by atoms with E-state index in [9.17, 15) is 0 Å². The van der Waals surface area contributed by atoms with Crippen LogP contribution in [0.1, 0.15) is 11.4 Å². The zero-order valence-corrected chi connectivity index (χ0v) is 18.3. The molecule has 2 aromatic carbocycles. The second-order valence-electron chi connectivity index (χ2n) is 7.97. The van der Waals surface area contributed by atoms with E-state index in [1.807, 2.05) is 36.4 Å². The van der Waals surface area contributed by atoms with E-state index in [-0.39, 0.29) is 0 Å². The van der Waals surface area contributed by atoms with Gasteiger partial charge in [-0.15, -0.1) is 0 Å². The highest BCUT2D eigenvalue weighted by Crippen LogP contribution is 2.22. The van der Waals surface area contributed by atoms with Crippen molar-refractivity contribution in [2.24, 2.45) is 9.98 Å². The summed E-state index contributed by atoms with van der Waals surface area (Å²) in [5.74, 6) is 0. The van der Waals surface area contributed by atoms with Gasteiger partial charge in [-0.05, 0) is 24.3 Å². The Morgan fingerprint density at radius 3 is 1.38 bits per heavy atom. The Bertz CT molecular complexity index is 1590. The van der Waals surface area contributed by atoms with E-state index >= 15 is 0 Å². The molecular formula is C28H20N6. The summed E-state index contributed by atoms with van der Waals surface area (Å²) in [7, 11) is 0. The van der Waals surface area contributed by atoms with Crippen LogP contribution in [0.3, 0.4) is 0 Å². The summed E-state index contributed by atoms with van der Waals surface area (Å²) in [4.78, 5) is 27.5. The third-order valence-corrected chi connectivity index (χ3v) is 5.71. The highest BCUT2D eigenvalue weighted by molar-refractivity contribution is 6.04. The highest BCUT2D eigenvalue weighted by Gasteiger charge is 2.04. The zero-order chi connectivity index (χ0) is 22.7. The molecule has 0 saturated carbocycles. The van der Waals surface area contributed by atoms with Gasteiger partial charge in [0.05, 0.1) is 46.5 Å². The van der Waals surface area contributed by atoms with Gasteiger partial charge >= 0.3 is 0 Å². The lowest BCUT2D eigenvalue weighted by atomic mass is 10.1. The van der Waals surface area contributed by atoms with Gasteiger partial charge in [-0.3, -0.25) is 20.0 Å². The summed E-state index contributed by atoms with van der Waals surface area (Å²) < 4.78 is 0. The van der Waals surface area contributed by atoms with Crippen LogP contribution in [-0.4, -0.2) is 45.5 Å². The van der Waals surface area contributed by atoms with E-state index in [4.69, 9.17) is 9.97 Å². The molecular weight excluding hydrogens is 420 g/mol. The molecule has 0 fully saturated rings. The Balaban J connectivity index is 1.16. The molecule has 6 heteroatoms. The summed E-state index contributed by atoms with van der Waals surface area (Å²) in [6.45, 7) is 1.14. The first kappa shape index (κ1) is 20.1. The maximum Gasteiger partial charge on any atom is 0.0972 e. The molecule has 6 rings (SSSR count). The number of nitrogens with zero attached hydrogens (tertiary/aromatic N) is 6. The number of hydrogen-bond donors (Lipinski definition) is 0. The SMILES string of the molecule is C(=NCCN=Cc1ccc2ccc3cccnc3c2n1)c1ccc2ccc3cccnc3c2n1. The predicted molar refractivity (Wildman–Crippen MR) is 139 cm³/mol. The van der Waals surface area contributed by atoms with Gasteiger partial charge < -0.3 is 0 Å². The molecule has 0 radical (unpaired) electrons. The molecule has 34 heavy (non-hydrogen) atoms. The standard InChI is InChI=1S/C28H20N6/c1-3-19-5-7-21-9-11-23(33-27(21)25(19)31-13-1)17-29-15-16-30-18-24-12-10-22-8-6-20-4-2-14-32-26(20)28(22)34-24/h1-14,17-18H,15-16H2. The van der Waals surface area contributed by atoms with Crippen LogP contribution in [0.2, 0.25) is 0 Å². The van der Waals surface area contributed by atoms with Crippen LogP contribution >= 0.6 is 0 Å². The van der Waals surface area contributed by atoms with Crippen molar-refractivity contribution >= 4 is 56.0 Å². The second-order valence-corrected chi connectivity index (χ2v) is 7.97. The smallest absolute Gasteiger partial charge is 0.0972 e. The first-order chi connectivity index (χ1) is 16.8. The number of fused-ring (bicyclic) bond motifs is 6. The van der Waals surface area contributed by atoms with Gasteiger partial charge in [0.2, 0.25) is 0 Å². The topological polar surface area (TPSA) is 76.3 Å². The van der Waals surface area contributed by atoms with E-state index in [1.165, 1.54) is 0 Å². The van der Waals surface area contributed by atoms with Crippen molar-refractivity contribution in [1.82, 2.24) is 19.9 Å². The van der Waals surface area contributed by atoms with Crippen molar-refractivity contribution in [2.45, 2.75) is 0 Å². The van der Waals surface area contributed by atoms with Gasteiger partial charge in [0.25, 0.3) is 0 Å². The summed E-state index contributed by atoms with van der Waals surface area (Å²) in [6.07, 6.45) is 7.18. The fourth-order valence-corrected chi connectivity index (χ4v) is 4.05. The van der Waals surface area contributed by atoms with E-state index in [0.717, 1.165) is 55.0 Å². The molecule has 0 atom stereocenters. The molecule has 0 unspecified atom stereocenters. The molecule has 0 amide bonds. The fourth-order valence-electron chi connectivity index (χ4n) is 4.05. The van der Waals surface area contributed by atoms with Gasteiger partial charge in [0.15, 0.2) is 0 Å². The second kappa shape index (κ2) is 8.75. The van der Waals surface area contributed by atoms with Gasteiger partial charge in [-0.1, -0.05) is 48.5 Å². The molecule has 0 aliphatic rings. The van der Waals surface area contributed by atoms with Gasteiger partial charge in [-0.25, -0.2) is 9.97 Å². The summed E-state index contributed by atoms with van der Waals surface area (Å²) >= 11 is 0. The van der Waals surface area contributed by atoms with Crippen LogP contribution < -0.4 is 0 Å². The van der Waals surface area contributed by atoms with Crippen LogP contribution in [0.15, 0.2) is 95.2 Å². The van der Waals surface area contributed by atoms with Crippen molar-refractivity contribution in [3.8, 4) is 0 Å². The summed E-state index contributed by atoms with van der Waals surface area (Å²) in [5.41, 5.74) is 5.22. The van der Waals surface area contributed by atoms with Gasteiger partial charge in [0.1, 0.15) is 0 Å². The minimum absolute atomic E-state index is 0.571. The number of benzene rings is 2. The Kier molecular flexibility index (Phi) is 5.16. The molecule has 4 heterocycles.